The summed E-state index contributed by atoms with van der Waals surface area (Å²) in [4.78, 5) is 56.6. The molecule has 2 spiro atoms. The topological polar surface area (TPSA) is 340 Å². The Kier molecular flexibility index (Phi) is 33.9. The second kappa shape index (κ2) is 43.2. The molecular formula is C101H152N2O28. The summed E-state index contributed by atoms with van der Waals surface area (Å²) in [7, 11) is 10.1. The van der Waals surface area contributed by atoms with Gasteiger partial charge in [0.2, 0.25) is 11.8 Å². The number of aliphatic hydroxyl groups is 4. The van der Waals surface area contributed by atoms with Crippen molar-refractivity contribution in [1.29, 1.82) is 0 Å². The lowest BCUT2D eigenvalue weighted by Gasteiger charge is -2.48. The van der Waals surface area contributed by atoms with Crippen molar-refractivity contribution in [1.82, 2.24) is 9.80 Å². The number of likely N-dealkylation sites (N-methyl/N-ethyl adjacent to an activating group) is 2. The van der Waals surface area contributed by atoms with Crippen molar-refractivity contribution in [3.8, 4) is 0 Å². The number of carbonyl (C=O) groups is 4. The van der Waals surface area contributed by atoms with Gasteiger partial charge in [0.25, 0.3) is 0 Å². The molecular weight excluding hydrogens is 1690 g/mol. The molecule has 0 unspecified atom stereocenters. The fourth-order valence-electron chi connectivity index (χ4n) is 22.5. The Morgan fingerprint density at radius 1 is 0.481 bits per heavy atom. The van der Waals surface area contributed by atoms with E-state index in [-0.39, 0.29) is 122 Å². The van der Waals surface area contributed by atoms with E-state index in [4.69, 9.17) is 94.7 Å². The number of carbonyl (C=O) groups excluding carboxylic acids is 4. The van der Waals surface area contributed by atoms with Crippen molar-refractivity contribution >= 4 is 23.8 Å². The Morgan fingerprint density at radius 3 is 1.22 bits per heavy atom. The average Bonchev–Trinajstić information content (AvgIpc) is 1.61. The fraction of sp³-hybridized carbons (Fsp3) is 0.762. The number of rotatable bonds is 17. The minimum absolute atomic E-state index is 0.0268. The predicted molar refractivity (Wildman–Crippen MR) is 482 cm³/mol. The lowest BCUT2D eigenvalue weighted by Crippen LogP contribution is -2.59. The maximum absolute atomic E-state index is 14.4. The van der Waals surface area contributed by atoms with Crippen molar-refractivity contribution in [3.63, 3.8) is 0 Å². The molecule has 2 aliphatic carbocycles. The molecule has 734 valence electrons. The summed E-state index contributed by atoms with van der Waals surface area (Å²) in [5, 5.41) is 47.5. The minimum atomic E-state index is -1.84. The lowest BCUT2D eigenvalue weighted by atomic mass is 9.71. The number of amides is 2. The second-order valence-electron chi connectivity index (χ2n) is 40.0. The number of hydrogen-bond donors (Lipinski definition) is 4. The van der Waals surface area contributed by atoms with E-state index >= 15 is 0 Å². The second-order valence-corrected chi connectivity index (χ2v) is 40.0. The van der Waals surface area contributed by atoms with Gasteiger partial charge in [-0.05, 0) is 126 Å². The molecule has 0 radical (unpaired) electrons. The van der Waals surface area contributed by atoms with Crippen LogP contribution < -0.4 is 0 Å². The number of hydrogen-bond acceptors (Lipinski definition) is 28. The Hall–Kier alpha value is -5.60. The molecule has 14 rings (SSSR count). The summed E-state index contributed by atoms with van der Waals surface area (Å²) in [6, 6.07) is -0.527. The van der Waals surface area contributed by atoms with Gasteiger partial charge in [0, 0.05) is 131 Å². The third-order valence-electron chi connectivity index (χ3n) is 30.3. The van der Waals surface area contributed by atoms with Crippen LogP contribution in [-0.4, -0.2) is 304 Å². The van der Waals surface area contributed by atoms with Crippen LogP contribution in [0.5, 0.6) is 0 Å². The molecule has 0 aromatic rings. The first kappa shape index (κ1) is 103. The van der Waals surface area contributed by atoms with E-state index < -0.39 is 169 Å². The largest absolute Gasteiger partial charge is 0.462 e. The number of ether oxygens (including phenoxy) is 20. The van der Waals surface area contributed by atoms with Crippen LogP contribution in [0, 0.1) is 47.3 Å². The summed E-state index contributed by atoms with van der Waals surface area (Å²) in [5.74, 6) is -5.39. The maximum Gasteiger partial charge on any atom is 0.316 e. The summed E-state index contributed by atoms with van der Waals surface area (Å²) >= 11 is 0. The highest BCUT2D eigenvalue weighted by molar-refractivity contribution is 5.80. The van der Waals surface area contributed by atoms with Crippen LogP contribution in [0.15, 0.2) is 119 Å². The molecule has 4 N–H and O–H groups in total. The van der Waals surface area contributed by atoms with E-state index in [0.29, 0.717) is 73.7 Å². The standard InChI is InChI=1S/C51H77NO14.C50H75NO14/c1-13-27(2)46-30(5)19-20-50(66-46)25-37-22-36(65-50)18-17-29(4)45(28(3)15-14-16-35-26-59-48-44(54)31(6)21-38(49(55)62-37)51(35,48)56)63-42-24-40(58-12)47(33(8)61-42)64-41-23-39(57-11)43(32(7)60-41)52(10)34(9)53;1-26(2)44-29(5)18-19-49(65-44)24-36-21-35(64-49)17-16-28(4)45(27(3)14-13-15-34-25-58-47-43(53)30(6)20-37(48(54)61-36)50(34,47)55)62-41-23-39(57-12)46(32(8)60-41)63-40-22-38(56-11)42(31(7)59-40)51(10)33(9)52/h14-17,19-21,27-28,30,32-33,36-48,54,56H,13,18,22-26H2,1-12H3;13-16,18-20,26-27,29,31-32,35-47,53,55H,17,21-25H2,1-12H3/b15-14+,29-17+,35-16+;14-13+,28-16+,34-15+/t27-,28-,30-,32-,33-,36+,37-,38-,39-,40-,41-,42-,43+,44+,45-,46+,47-,48+,50+,51+;27-,29-,31-,32-,35+,36-,37-,38-,39-,40-,41-,42+,43+,44+,45-,46-,47+,49+,50+/m00/s1. The van der Waals surface area contributed by atoms with E-state index in [1.807, 2.05) is 78.0 Å². The summed E-state index contributed by atoms with van der Waals surface area (Å²) in [6.45, 7) is 35.4. The number of methoxy groups -OCH3 is 4. The zero-order valence-electron chi connectivity index (χ0n) is 81.5. The van der Waals surface area contributed by atoms with Crippen LogP contribution in [0.2, 0.25) is 0 Å². The van der Waals surface area contributed by atoms with Gasteiger partial charge in [0.1, 0.15) is 71.9 Å². The third kappa shape index (κ3) is 22.1. The number of aliphatic hydroxyl groups excluding tert-OH is 2. The van der Waals surface area contributed by atoms with Crippen LogP contribution in [0.3, 0.4) is 0 Å². The minimum Gasteiger partial charge on any atom is -0.462 e. The zero-order valence-corrected chi connectivity index (χ0v) is 81.5. The Labute approximate surface area is 775 Å². The molecule has 12 aliphatic heterocycles. The Morgan fingerprint density at radius 2 is 0.847 bits per heavy atom. The van der Waals surface area contributed by atoms with Crippen molar-refractivity contribution in [2.45, 2.75) is 390 Å². The highest BCUT2D eigenvalue weighted by atomic mass is 16.8. The van der Waals surface area contributed by atoms with E-state index in [9.17, 15) is 39.6 Å². The molecule has 2 amide bonds. The van der Waals surface area contributed by atoms with Gasteiger partial charge < -0.3 is 125 Å². The highest BCUT2D eigenvalue weighted by Gasteiger charge is 2.63. The molecule has 12 heterocycles. The molecule has 0 saturated carbocycles. The molecule has 0 aromatic heterocycles. The first-order valence-corrected chi connectivity index (χ1v) is 47.9. The van der Waals surface area contributed by atoms with Crippen LogP contribution >= 0.6 is 0 Å². The van der Waals surface area contributed by atoms with Crippen molar-refractivity contribution in [3.05, 3.63) is 119 Å². The van der Waals surface area contributed by atoms with Gasteiger partial charge in [0.05, 0.1) is 111 Å². The number of fused-ring (bicyclic) bond motifs is 4. The molecule has 39 atom stereocenters. The van der Waals surface area contributed by atoms with Gasteiger partial charge in [-0.1, -0.05) is 135 Å². The van der Waals surface area contributed by atoms with Gasteiger partial charge in [0.15, 0.2) is 36.7 Å². The maximum atomic E-state index is 14.4. The number of nitrogens with zero attached hydrogens (tertiary/aromatic N) is 2. The molecule has 8 fully saturated rings. The normalized spacial score (nSPS) is 46.8. The average molecular weight is 1840 g/mol. The van der Waals surface area contributed by atoms with E-state index in [0.717, 1.165) is 17.6 Å². The predicted octanol–water partition coefficient (Wildman–Crippen LogP) is 11.3. The monoisotopic (exact) mass is 1840 g/mol. The van der Waals surface area contributed by atoms with Crippen LogP contribution in [-0.2, 0) is 114 Å². The Balaban J connectivity index is 0.000000223. The fourth-order valence-corrected chi connectivity index (χ4v) is 22.5. The molecule has 131 heavy (non-hydrogen) atoms. The van der Waals surface area contributed by atoms with Gasteiger partial charge in [-0.3, -0.25) is 19.2 Å². The highest BCUT2D eigenvalue weighted by Crippen LogP contribution is 2.51. The van der Waals surface area contributed by atoms with Gasteiger partial charge in [-0.15, -0.1) is 0 Å². The third-order valence-corrected chi connectivity index (χ3v) is 30.3. The molecule has 30 heteroatoms. The number of allylic oxidation sites excluding steroid dienone is 4. The summed E-state index contributed by atoms with van der Waals surface area (Å²) < 4.78 is 129. The van der Waals surface area contributed by atoms with E-state index in [1.165, 1.54) is 13.8 Å². The summed E-state index contributed by atoms with van der Waals surface area (Å²) in [5.41, 5.74) is 0.232. The Bertz CT molecular complexity index is 4270. The SMILES string of the molecule is CC[C@H](C)[C@H]1O[C@]2(C=C[C@@H]1C)C[C@@H]1C[C@@H](C/C=C(\C)[C@@H](O[C@H]3C[C@H](OC)[C@@H](O[C@H]4C[C@H](OC)[C@H](N(C)C(C)=O)[C@H](C)O4)[C@H](C)O3)[C@@H](C)/C=C/C=C3\CO[C@@H]4[C@H](O)C(C)=C[C@@H](C(=O)O1)[C@]34O)O2.CO[C@H]1C[C@H](O[C@@H]2/C(C)=C/C[C@@H]3C[C@@H](C[C@]4(C=C[C@H](C)[C@@H](C(C)C)O4)O3)OC(=O)[C@@H]3C=C(C)[C@@H](O)[C@H]4OC/C(=C\C=C\[C@@H]2C)[C@]43O)O[C@@H](C)[C@@H]1O[C@H]1C[C@H](OC)[C@H](N(C)C(C)=O)[C@H](C)O1. The molecule has 0 aromatic carbocycles. The van der Waals surface area contributed by atoms with E-state index in [1.54, 1.807) is 90.5 Å². The molecule has 14 aliphatic rings. The summed E-state index contributed by atoms with van der Waals surface area (Å²) in [6.07, 6.45) is 18.0. The van der Waals surface area contributed by atoms with Crippen LogP contribution in [0.1, 0.15) is 195 Å². The van der Waals surface area contributed by atoms with Gasteiger partial charge >= 0.3 is 11.9 Å². The van der Waals surface area contributed by atoms with Gasteiger partial charge in [-0.2, -0.15) is 0 Å². The zero-order chi connectivity index (χ0) is 94.9. The molecule has 8 saturated heterocycles. The number of esters is 2. The van der Waals surface area contributed by atoms with Crippen molar-refractivity contribution in [2.75, 3.05) is 55.7 Å². The molecule has 4 bridgehead atoms. The van der Waals surface area contributed by atoms with Crippen LogP contribution in [0.4, 0.5) is 0 Å². The first-order valence-electron chi connectivity index (χ1n) is 47.9. The lowest BCUT2D eigenvalue weighted by molar-refractivity contribution is -0.314. The smallest absolute Gasteiger partial charge is 0.316 e. The van der Waals surface area contributed by atoms with Gasteiger partial charge in [-0.25, -0.2) is 0 Å². The van der Waals surface area contributed by atoms with Crippen LogP contribution in [0.25, 0.3) is 0 Å². The quantitative estimate of drug-likeness (QED) is 0.0776. The molecule has 30 nitrogen and oxygen atoms in total. The first-order chi connectivity index (χ1) is 62.1. The van der Waals surface area contributed by atoms with E-state index in [2.05, 4.69) is 79.7 Å². The van der Waals surface area contributed by atoms with Crippen molar-refractivity contribution in [2.24, 2.45) is 47.3 Å². The van der Waals surface area contributed by atoms with Crippen molar-refractivity contribution < 1.29 is 134 Å².